The summed E-state index contributed by atoms with van der Waals surface area (Å²) >= 11 is 1.69. The molecule has 0 spiro atoms. The van der Waals surface area contributed by atoms with Gasteiger partial charge in [-0.15, -0.1) is 0 Å². The van der Waals surface area contributed by atoms with Gasteiger partial charge in [-0.3, -0.25) is 9.59 Å². The Morgan fingerprint density at radius 2 is 2.10 bits per heavy atom. The maximum absolute atomic E-state index is 12.0. The summed E-state index contributed by atoms with van der Waals surface area (Å²) in [6.45, 7) is 0. The molecule has 1 aliphatic rings. The molecule has 0 aliphatic heterocycles. The minimum atomic E-state index is -0.438. The minimum Gasteiger partial charge on any atom is -0.352 e. The molecule has 0 radical (unpaired) electrons. The van der Waals surface area contributed by atoms with Crippen molar-refractivity contribution in [3.05, 3.63) is 0 Å². The molecule has 6 heteroatoms. The van der Waals surface area contributed by atoms with Crippen molar-refractivity contribution in [3.8, 4) is 0 Å². The summed E-state index contributed by atoms with van der Waals surface area (Å²) in [6, 6.07) is -0.349. The zero-order valence-electron chi connectivity index (χ0n) is 12.7. The molecule has 116 valence electrons. The summed E-state index contributed by atoms with van der Waals surface area (Å²) in [7, 11) is 3.56. The maximum Gasteiger partial charge on any atom is 0.237 e. The second-order valence-electron chi connectivity index (χ2n) is 5.69. The fraction of sp³-hybridized carbons (Fsp3) is 0.857. The van der Waals surface area contributed by atoms with Gasteiger partial charge in [-0.05, 0) is 37.7 Å². The molecule has 0 bridgehead atoms. The van der Waals surface area contributed by atoms with Crippen LogP contribution in [-0.4, -0.2) is 54.9 Å². The lowest BCUT2D eigenvalue weighted by Gasteiger charge is -2.31. The van der Waals surface area contributed by atoms with Crippen LogP contribution in [0.3, 0.4) is 0 Å². The largest absolute Gasteiger partial charge is 0.352 e. The monoisotopic (exact) mass is 301 g/mol. The summed E-state index contributed by atoms with van der Waals surface area (Å²) in [5, 5.41) is 3.01. The Morgan fingerprint density at radius 3 is 2.70 bits per heavy atom. The van der Waals surface area contributed by atoms with Crippen LogP contribution in [0.5, 0.6) is 0 Å². The number of amides is 2. The Morgan fingerprint density at radius 1 is 1.40 bits per heavy atom. The predicted molar refractivity (Wildman–Crippen MR) is 83.6 cm³/mol. The van der Waals surface area contributed by atoms with Crippen molar-refractivity contribution >= 4 is 23.6 Å². The summed E-state index contributed by atoms with van der Waals surface area (Å²) in [4.78, 5) is 25.6. The smallest absolute Gasteiger partial charge is 0.237 e. The van der Waals surface area contributed by atoms with E-state index in [4.69, 9.17) is 5.73 Å². The first-order valence-electron chi connectivity index (χ1n) is 7.21. The van der Waals surface area contributed by atoms with E-state index in [0.717, 1.165) is 31.4 Å². The van der Waals surface area contributed by atoms with Crippen LogP contribution in [-0.2, 0) is 9.59 Å². The van der Waals surface area contributed by atoms with Crippen LogP contribution in [0.4, 0.5) is 0 Å². The topological polar surface area (TPSA) is 75.4 Å². The Bertz CT molecular complexity index is 336. The van der Waals surface area contributed by atoms with Crippen molar-refractivity contribution in [1.29, 1.82) is 0 Å². The normalized spacial score (nSPS) is 24.0. The molecule has 3 unspecified atom stereocenters. The fourth-order valence-corrected chi connectivity index (χ4v) is 3.08. The van der Waals surface area contributed by atoms with E-state index in [1.54, 1.807) is 30.8 Å². The van der Waals surface area contributed by atoms with E-state index in [0.29, 0.717) is 6.42 Å². The molecule has 1 saturated carbocycles. The lowest BCUT2D eigenvalue weighted by Crippen LogP contribution is -2.48. The fourth-order valence-electron chi connectivity index (χ4n) is 2.59. The van der Waals surface area contributed by atoms with Crippen molar-refractivity contribution in [3.63, 3.8) is 0 Å². The standard InChI is InChI=1S/C14H27N3O2S/c1-17(2)14(19)10-5-4-6-11(9-10)16-13(18)12(15)7-8-20-3/h10-12H,4-9,15H2,1-3H3,(H,16,18). The SMILES string of the molecule is CSCCC(N)C(=O)NC1CCCC(C(=O)N(C)C)C1. The van der Waals surface area contributed by atoms with Crippen molar-refractivity contribution in [1.82, 2.24) is 10.2 Å². The predicted octanol–water partition coefficient (Wildman–Crippen LogP) is 0.830. The van der Waals surface area contributed by atoms with Gasteiger partial charge in [-0.25, -0.2) is 0 Å². The molecule has 0 aromatic heterocycles. The van der Waals surface area contributed by atoms with Gasteiger partial charge in [-0.2, -0.15) is 11.8 Å². The first-order chi connectivity index (χ1) is 9.45. The van der Waals surface area contributed by atoms with E-state index in [2.05, 4.69) is 5.32 Å². The van der Waals surface area contributed by atoms with Crippen LogP contribution in [0.25, 0.3) is 0 Å². The van der Waals surface area contributed by atoms with Gasteiger partial charge < -0.3 is 16.0 Å². The minimum absolute atomic E-state index is 0.0338. The Hall–Kier alpha value is -0.750. The van der Waals surface area contributed by atoms with Crippen LogP contribution < -0.4 is 11.1 Å². The number of rotatable bonds is 6. The molecule has 1 rings (SSSR count). The average Bonchev–Trinajstić information content (AvgIpc) is 2.43. The summed E-state index contributed by atoms with van der Waals surface area (Å²) in [6.07, 6.45) is 6.27. The molecule has 0 heterocycles. The Balaban J connectivity index is 2.43. The molecule has 0 aromatic carbocycles. The first-order valence-corrected chi connectivity index (χ1v) is 8.61. The molecular formula is C14H27N3O2S. The van der Waals surface area contributed by atoms with E-state index in [9.17, 15) is 9.59 Å². The van der Waals surface area contributed by atoms with E-state index >= 15 is 0 Å². The number of hydrogen-bond donors (Lipinski definition) is 2. The van der Waals surface area contributed by atoms with Crippen LogP contribution in [0.1, 0.15) is 32.1 Å². The second-order valence-corrected chi connectivity index (χ2v) is 6.68. The number of nitrogens with two attached hydrogens (primary N) is 1. The number of thioether (sulfide) groups is 1. The third-order valence-corrected chi connectivity index (χ3v) is 4.42. The third-order valence-electron chi connectivity index (χ3n) is 3.78. The van der Waals surface area contributed by atoms with E-state index in [1.807, 2.05) is 6.26 Å². The average molecular weight is 301 g/mol. The van der Waals surface area contributed by atoms with Gasteiger partial charge in [0.1, 0.15) is 0 Å². The molecular weight excluding hydrogens is 274 g/mol. The molecule has 2 amide bonds. The highest BCUT2D eigenvalue weighted by Gasteiger charge is 2.29. The van der Waals surface area contributed by atoms with Crippen molar-refractivity contribution in [2.75, 3.05) is 26.1 Å². The van der Waals surface area contributed by atoms with Gasteiger partial charge in [-0.1, -0.05) is 6.42 Å². The Kier molecular flexibility index (Phi) is 7.37. The maximum atomic E-state index is 12.0. The second kappa shape index (κ2) is 8.52. The molecule has 20 heavy (non-hydrogen) atoms. The van der Waals surface area contributed by atoms with E-state index < -0.39 is 6.04 Å². The number of carbonyl (C=O) groups is 2. The number of nitrogens with zero attached hydrogens (tertiary/aromatic N) is 1. The van der Waals surface area contributed by atoms with Crippen molar-refractivity contribution in [2.24, 2.45) is 11.7 Å². The van der Waals surface area contributed by atoms with Crippen LogP contribution in [0.2, 0.25) is 0 Å². The van der Waals surface area contributed by atoms with Crippen LogP contribution >= 0.6 is 11.8 Å². The van der Waals surface area contributed by atoms with E-state index in [1.165, 1.54) is 0 Å². The highest BCUT2D eigenvalue weighted by atomic mass is 32.2. The van der Waals surface area contributed by atoms with Gasteiger partial charge in [0.25, 0.3) is 0 Å². The lowest BCUT2D eigenvalue weighted by molar-refractivity contribution is -0.135. The van der Waals surface area contributed by atoms with Crippen molar-refractivity contribution in [2.45, 2.75) is 44.2 Å². The highest BCUT2D eigenvalue weighted by molar-refractivity contribution is 7.98. The zero-order valence-corrected chi connectivity index (χ0v) is 13.5. The molecule has 1 fully saturated rings. The third kappa shape index (κ3) is 5.32. The van der Waals surface area contributed by atoms with Crippen molar-refractivity contribution < 1.29 is 9.59 Å². The van der Waals surface area contributed by atoms with E-state index in [-0.39, 0.29) is 23.8 Å². The molecule has 5 nitrogen and oxygen atoms in total. The quantitative estimate of drug-likeness (QED) is 0.762. The molecule has 3 atom stereocenters. The van der Waals surface area contributed by atoms with Crippen LogP contribution in [0, 0.1) is 5.92 Å². The molecule has 3 N–H and O–H groups in total. The van der Waals surface area contributed by atoms with Crippen LogP contribution in [0.15, 0.2) is 0 Å². The van der Waals surface area contributed by atoms with Gasteiger partial charge in [0, 0.05) is 26.1 Å². The Labute approximate surface area is 126 Å². The summed E-state index contributed by atoms with van der Waals surface area (Å²) in [5.41, 5.74) is 5.86. The lowest BCUT2D eigenvalue weighted by atomic mass is 9.84. The zero-order chi connectivity index (χ0) is 15.1. The molecule has 0 saturated heterocycles. The highest BCUT2D eigenvalue weighted by Crippen LogP contribution is 2.25. The van der Waals surface area contributed by atoms with Gasteiger partial charge >= 0.3 is 0 Å². The molecule has 0 aromatic rings. The number of hydrogen-bond acceptors (Lipinski definition) is 4. The van der Waals surface area contributed by atoms with Gasteiger partial charge in [0.15, 0.2) is 0 Å². The first kappa shape index (κ1) is 17.3. The number of carbonyl (C=O) groups excluding carboxylic acids is 2. The summed E-state index contributed by atoms with van der Waals surface area (Å²) < 4.78 is 0. The summed E-state index contributed by atoms with van der Waals surface area (Å²) in [5.74, 6) is 1.00. The van der Waals surface area contributed by atoms with Gasteiger partial charge in [0.05, 0.1) is 6.04 Å². The number of nitrogens with one attached hydrogen (secondary N) is 1. The van der Waals surface area contributed by atoms with Gasteiger partial charge in [0.2, 0.25) is 11.8 Å². The molecule has 1 aliphatic carbocycles.